The van der Waals surface area contributed by atoms with Gasteiger partial charge in [-0.1, -0.05) is 83.9 Å². The lowest BCUT2D eigenvalue weighted by Gasteiger charge is -2.23. The van der Waals surface area contributed by atoms with Crippen LogP contribution in [0, 0.1) is 13.8 Å². The lowest BCUT2D eigenvalue weighted by Crippen LogP contribution is -2.44. The fourth-order valence-electron chi connectivity index (χ4n) is 6.40. The van der Waals surface area contributed by atoms with Crippen LogP contribution in [0.1, 0.15) is 87.8 Å². The van der Waals surface area contributed by atoms with Gasteiger partial charge in [-0.15, -0.1) is 0 Å². The molecule has 0 aliphatic rings. The van der Waals surface area contributed by atoms with Gasteiger partial charge in [-0.05, 0) is 116 Å². The Balaban J connectivity index is 1.42. The van der Waals surface area contributed by atoms with E-state index in [0.29, 0.717) is 75.4 Å². The Hall–Kier alpha value is -5.14. The van der Waals surface area contributed by atoms with E-state index < -0.39 is 24.4 Å². The molecule has 4 aromatic carbocycles. The summed E-state index contributed by atoms with van der Waals surface area (Å²) < 4.78 is 47.1. The Morgan fingerprint density at radius 2 is 0.833 bits per heavy atom. The zero-order valence-corrected chi connectivity index (χ0v) is 36.1. The number of carbonyl (C=O) groups is 2. The quantitative estimate of drug-likeness (QED) is 0.0246. The van der Waals surface area contributed by atoms with Crippen molar-refractivity contribution in [3.63, 3.8) is 0 Å². The highest BCUT2D eigenvalue weighted by Gasteiger charge is 2.27. The summed E-state index contributed by atoms with van der Waals surface area (Å²) in [5.74, 6) is -0.315. The molecular formula is C48H64N2O10. The van der Waals surface area contributed by atoms with E-state index in [9.17, 15) is 9.59 Å². The number of esters is 2. The van der Waals surface area contributed by atoms with Gasteiger partial charge < -0.3 is 37.9 Å². The summed E-state index contributed by atoms with van der Waals surface area (Å²) in [6, 6.07) is 31.1. The van der Waals surface area contributed by atoms with Gasteiger partial charge in [-0.3, -0.25) is 10.6 Å². The van der Waals surface area contributed by atoms with Crippen LogP contribution >= 0.6 is 0 Å². The summed E-state index contributed by atoms with van der Waals surface area (Å²) in [7, 11) is 0. The molecule has 0 radical (unpaired) electrons. The number of aryl methyl sites for hydroxylation is 2. The van der Waals surface area contributed by atoms with Crippen LogP contribution in [0.3, 0.4) is 0 Å². The van der Waals surface area contributed by atoms with Crippen molar-refractivity contribution in [1.29, 1.82) is 0 Å². The third-order valence-corrected chi connectivity index (χ3v) is 9.41. The smallest absolute Gasteiger partial charge is 0.419 e. The number of para-hydroxylation sites is 4. The molecule has 60 heavy (non-hydrogen) atoms. The lowest BCUT2D eigenvalue weighted by molar-refractivity contribution is -0.177. The van der Waals surface area contributed by atoms with Gasteiger partial charge in [0.1, 0.15) is 13.2 Å². The molecule has 2 N–H and O–H groups in total. The molecule has 4 atom stereocenters. The van der Waals surface area contributed by atoms with Crippen LogP contribution in [0.25, 0.3) is 0 Å². The molecule has 4 aromatic rings. The second kappa shape index (κ2) is 26.9. The summed E-state index contributed by atoms with van der Waals surface area (Å²) in [6.45, 7) is 14.5. The summed E-state index contributed by atoms with van der Waals surface area (Å²) in [6.07, 6.45) is 0.628. The third kappa shape index (κ3) is 16.5. The van der Waals surface area contributed by atoms with E-state index in [2.05, 4.69) is 73.0 Å². The number of nitrogens with one attached hydrogen (secondary N) is 2. The maximum atomic E-state index is 13.5. The highest BCUT2D eigenvalue weighted by Crippen LogP contribution is 2.28. The molecule has 0 fully saturated rings. The number of hydrogen-bond acceptors (Lipinski definition) is 12. The van der Waals surface area contributed by atoms with Crippen molar-refractivity contribution < 1.29 is 47.5 Å². The van der Waals surface area contributed by atoms with E-state index in [1.54, 1.807) is 24.3 Å². The van der Waals surface area contributed by atoms with Crippen LogP contribution in [0.5, 0.6) is 23.0 Å². The molecular weight excluding hydrogens is 765 g/mol. The summed E-state index contributed by atoms with van der Waals surface area (Å²) in [4.78, 5) is 26.9. The minimum Gasteiger partial charge on any atom is -0.490 e. The van der Waals surface area contributed by atoms with Gasteiger partial charge in [0.05, 0.1) is 25.4 Å². The van der Waals surface area contributed by atoms with Crippen molar-refractivity contribution in [2.24, 2.45) is 0 Å². The molecule has 4 unspecified atom stereocenters. The minimum absolute atomic E-state index is 0.0949. The second-order valence-electron chi connectivity index (χ2n) is 14.1. The minimum atomic E-state index is -1.18. The first-order chi connectivity index (χ1) is 29.2. The molecule has 12 heteroatoms. The summed E-state index contributed by atoms with van der Waals surface area (Å²) in [5.41, 5.74) is 4.54. The largest absolute Gasteiger partial charge is 0.490 e. The molecule has 0 bridgehead atoms. The van der Waals surface area contributed by atoms with Crippen LogP contribution in [0.15, 0.2) is 97.1 Å². The Bertz CT molecular complexity index is 1690. The zero-order valence-electron chi connectivity index (χ0n) is 36.1. The Morgan fingerprint density at radius 3 is 1.17 bits per heavy atom. The van der Waals surface area contributed by atoms with E-state index in [1.807, 2.05) is 52.0 Å². The molecule has 326 valence electrons. The van der Waals surface area contributed by atoms with Gasteiger partial charge in [-0.25, -0.2) is 9.59 Å². The fourth-order valence-corrected chi connectivity index (χ4v) is 6.40. The van der Waals surface area contributed by atoms with Crippen molar-refractivity contribution >= 4 is 11.9 Å². The number of carbonyl (C=O) groups excluding carboxylic acids is 2. The first-order valence-corrected chi connectivity index (χ1v) is 21.2. The van der Waals surface area contributed by atoms with E-state index in [0.717, 1.165) is 24.0 Å². The van der Waals surface area contributed by atoms with Gasteiger partial charge >= 0.3 is 11.9 Å². The molecule has 4 rings (SSSR count). The average Bonchev–Trinajstić information content (AvgIpc) is 3.25. The molecule has 0 aromatic heterocycles. The van der Waals surface area contributed by atoms with Gasteiger partial charge in [0, 0.05) is 13.2 Å². The van der Waals surface area contributed by atoms with Crippen LogP contribution in [0.2, 0.25) is 0 Å². The van der Waals surface area contributed by atoms with E-state index in [-0.39, 0.29) is 25.4 Å². The molecule has 0 heterocycles. The third-order valence-electron chi connectivity index (χ3n) is 9.41. The second-order valence-corrected chi connectivity index (χ2v) is 14.1. The Labute approximate surface area is 356 Å². The number of ether oxygens (including phenoxy) is 8. The zero-order chi connectivity index (χ0) is 43.0. The maximum absolute atomic E-state index is 13.5. The van der Waals surface area contributed by atoms with Crippen molar-refractivity contribution in [2.75, 3.05) is 52.7 Å². The summed E-state index contributed by atoms with van der Waals surface area (Å²) >= 11 is 0. The highest BCUT2D eigenvalue weighted by molar-refractivity contribution is 6.29. The van der Waals surface area contributed by atoms with E-state index in [4.69, 9.17) is 37.9 Å². The van der Waals surface area contributed by atoms with Crippen LogP contribution < -0.4 is 29.6 Å². The van der Waals surface area contributed by atoms with E-state index >= 15 is 0 Å². The van der Waals surface area contributed by atoms with Crippen molar-refractivity contribution in [3.05, 3.63) is 119 Å². The van der Waals surface area contributed by atoms with Crippen LogP contribution in [-0.2, 0) is 28.5 Å². The predicted octanol–water partition coefficient (Wildman–Crippen LogP) is 8.59. The van der Waals surface area contributed by atoms with Crippen LogP contribution in [-0.4, -0.2) is 77.1 Å². The summed E-state index contributed by atoms with van der Waals surface area (Å²) in [5, 5.41) is 6.49. The highest BCUT2D eigenvalue weighted by atomic mass is 16.6. The molecule has 0 spiro atoms. The molecule has 12 nitrogen and oxygen atoms in total. The van der Waals surface area contributed by atoms with Crippen LogP contribution in [0.4, 0.5) is 0 Å². The number of rotatable bonds is 28. The fraction of sp³-hybridized carbons (Fsp3) is 0.458. The number of benzene rings is 4. The Morgan fingerprint density at radius 1 is 0.483 bits per heavy atom. The van der Waals surface area contributed by atoms with Gasteiger partial charge in [0.2, 0.25) is 0 Å². The first kappa shape index (κ1) is 47.5. The topological polar surface area (TPSA) is 132 Å². The molecule has 0 saturated carbocycles. The van der Waals surface area contributed by atoms with Gasteiger partial charge in [0.15, 0.2) is 35.5 Å². The molecule has 0 amide bonds. The van der Waals surface area contributed by atoms with E-state index in [1.165, 1.54) is 11.1 Å². The molecule has 0 aliphatic heterocycles. The van der Waals surface area contributed by atoms with Gasteiger partial charge in [0.25, 0.3) is 0 Å². The normalized spacial score (nSPS) is 13.1. The SMILES string of the molecule is CCOc1ccccc1OCC(NCCCC(OCC)c1ccc(C)cc1)OC(=O)C(=O)OC(COc1ccccc1OCC)NCCCC(OCC)c1ccc(C)cc1. The standard InChI is InChI=1S/C48H64N2O10/c1-7-53-39(37-27-23-35(5)24-28-37)21-15-31-49-45(33-57-43-19-13-11-17-41(43)55-9-3)59-47(51)48(52)60-46(34-58-44-20-14-12-18-42(44)56-10-4)50-32-16-22-40(54-8-2)38-29-25-36(6)26-30-38/h11-14,17-20,23-30,39-40,45-46,49-50H,7-10,15-16,21-22,31-34H2,1-6H3. The number of hydrogen-bond donors (Lipinski definition) is 2. The average molecular weight is 829 g/mol. The lowest BCUT2D eigenvalue weighted by atomic mass is 10.0. The molecule has 0 saturated heterocycles. The van der Waals surface area contributed by atoms with Crippen molar-refractivity contribution in [3.8, 4) is 23.0 Å². The van der Waals surface area contributed by atoms with Crippen molar-refractivity contribution in [1.82, 2.24) is 10.6 Å². The monoisotopic (exact) mass is 828 g/mol. The predicted molar refractivity (Wildman–Crippen MR) is 232 cm³/mol. The first-order valence-electron chi connectivity index (χ1n) is 21.2. The van der Waals surface area contributed by atoms with Crippen molar-refractivity contribution in [2.45, 2.75) is 91.9 Å². The molecule has 0 aliphatic carbocycles. The van der Waals surface area contributed by atoms with Gasteiger partial charge in [-0.2, -0.15) is 0 Å². The maximum Gasteiger partial charge on any atom is 0.419 e. The Kier molecular flexibility index (Phi) is 21.3.